The Balaban J connectivity index is 1.51. The highest BCUT2D eigenvalue weighted by atomic mass is 35.5. The summed E-state index contributed by atoms with van der Waals surface area (Å²) in [6, 6.07) is 17.2. The molecule has 2 aromatic carbocycles. The van der Waals surface area contributed by atoms with Gasteiger partial charge in [-0.1, -0.05) is 78.8 Å². The van der Waals surface area contributed by atoms with E-state index in [4.69, 9.17) is 16.6 Å². The van der Waals surface area contributed by atoms with E-state index in [9.17, 15) is 9.59 Å². The number of carbonyl (C=O) groups is 1. The Morgan fingerprint density at radius 3 is 2.74 bits per heavy atom. The molecule has 1 unspecified atom stereocenters. The number of nitrogens with one attached hydrogen (secondary N) is 1. The maximum atomic E-state index is 13.2. The molecule has 2 heterocycles. The molecular weight excluding hydrogens is 450 g/mol. The number of nitrogens with zero attached hydrogens (tertiary/aromatic N) is 2. The average molecular weight is 472 g/mol. The van der Waals surface area contributed by atoms with Crippen LogP contribution in [-0.2, 0) is 24.3 Å². The topological polar surface area (TPSA) is 64.0 Å². The molecule has 0 saturated carbocycles. The third-order valence-corrected chi connectivity index (χ3v) is 7.47. The van der Waals surface area contributed by atoms with Crippen molar-refractivity contribution in [2.45, 2.75) is 41.7 Å². The molecule has 0 fully saturated rings. The van der Waals surface area contributed by atoms with Crippen LogP contribution in [0, 0.1) is 0 Å². The van der Waals surface area contributed by atoms with Crippen LogP contribution in [-0.4, -0.2) is 26.5 Å². The lowest BCUT2D eigenvalue weighted by molar-refractivity contribution is -0.118. The van der Waals surface area contributed by atoms with Gasteiger partial charge in [0.15, 0.2) is 5.16 Å². The van der Waals surface area contributed by atoms with Crippen LogP contribution >= 0.6 is 35.1 Å². The molecule has 1 aliphatic heterocycles. The Kier molecular flexibility index (Phi) is 7.05. The standard InChI is InChI=1S/C23H22ClN3O2S2/c1-15-11-19-21(31-15)22(29)27(13-16-7-3-2-4-8-16)23(26-19)30-14-20(28)25-12-17-9-5-6-10-18(17)24/h2-10,15H,11-14H2,1H3,(H,25,28). The zero-order chi connectivity index (χ0) is 21.8. The van der Waals surface area contributed by atoms with E-state index in [2.05, 4.69) is 12.2 Å². The highest BCUT2D eigenvalue weighted by Crippen LogP contribution is 2.34. The predicted molar refractivity (Wildman–Crippen MR) is 127 cm³/mol. The molecule has 0 saturated heterocycles. The zero-order valence-electron chi connectivity index (χ0n) is 17.0. The number of benzene rings is 2. The fourth-order valence-corrected chi connectivity index (χ4v) is 5.53. The molecule has 0 bridgehead atoms. The summed E-state index contributed by atoms with van der Waals surface area (Å²) in [5.41, 5.74) is 2.70. The summed E-state index contributed by atoms with van der Waals surface area (Å²) < 4.78 is 1.69. The Labute approximate surface area is 194 Å². The quantitative estimate of drug-likeness (QED) is 0.409. The second-order valence-electron chi connectivity index (χ2n) is 7.34. The van der Waals surface area contributed by atoms with Gasteiger partial charge in [-0.3, -0.25) is 14.2 Å². The Hall–Kier alpha value is -2.22. The fraction of sp³-hybridized carbons (Fsp3) is 0.261. The van der Waals surface area contributed by atoms with Crippen LogP contribution < -0.4 is 10.9 Å². The van der Waals surface area contributed by atoms with Gasteiger partial charge >= 0.3 is 0 Å². The zero-order valence-corrected chi connectivity index (χ0v) is 19.4. The van der Waals surface area contributed by atoms with Crippen molar-refractivity contribution in [2.75, 3.05) is 5.75 Å². The molecule has 1 N–H and O–H groups in total. The van der Waals surface area contributed by atoms with Crippen molar-refractivity contribution in [3.8, 4) is 0 Å². The molecule has 0 aliphatic carbocycles. The van der Waals surface area contributed by atoms with Gasteiger partial charge < -0.3 is 5.32 Å². The average Bonchev–Trinajstić information content (AvgIpc) is 3.15. The van der Waals surface area contributed by atoms with E-state index < -0.39 is 0 Å². The summed E-state index contributed by atoms with van der Waals surface area (Å²) in [7, 11) is 0. The molecule has 5 nitrogen and oxygen atoms in total. The van der Waals surface area contributed by atoms with Gasteiger partial charge in [0.25, 0.3) is 5.56 Å². The van der Waals surface area contributed by atoms with Crippen LogP contribution in [0.15, 0.2) is 69.4 Å². The van der Waals surface area contributed by atoms with Crippen LogP contribution in [0.5, 0.6) is 0 Å². The van der Waals surface area contributed by atoms with Crippen LogP contribution in [0.2, 0.25) is 5.02 Å². The van der Waals surface area contributed by atoms with Gasteiger partial charge in [0, 0.05) is 23.2 Å². The number of thioether (sulfide) groups is 2. The summed E-state index contributed by atoms with van der Waals surface area (Å²) in [4.78, 5) is 31.1. The van der Waals surface area contributed by atoms with E-state index in [1.54, 1.807) is 22.4 Å². The van der Waals surface area contributed by atoms with Crippen molar-refractivity contribution >= 4 is 41.0 Å². The largest absolute Gasteiger partial charge is 0.351 e. The highest BCUT2D eigenvalue weighted by Gasteiger charge is 2.26. The number of halogens is 1. The molecule has 4 rings (SSSR count). The summed E-state index contributed by atoms with van der Waals surface area (Å²) in [5, 5.41) is 4.43. The van der Waals surface area contributed by atoms with Crippen LogP contribution in [0.25, 0.3) is 0 Å². The number of hydrogen-bond donors (Lipinski definition) is 1. The van der Waals surface area contributed by atoms with Crippen molar-refractivity contribution in [1.82, 2.24) is 14.9 Å². The normalized spacial score (nSPS) is 15.0. The highest BCUT2D eigenvalue weighted by molar-refractivity contribution is 8.00. The molecule has 1 amide bonds. The van der Waals surface area contributed by atoms with E-state index in [1.165, 1.54) is 11.8 Å². The minimum absolute atomic E-state index is 0.0258. The number of aromatic nitrogens is 2. The van der Waals surface area contributed by atoms with Gasteiger partial charge in [-0.15, -0.1) is 11.8 Å². The minimum Gasteiger partial charge on any atom is -0.351 e. The Morgan fingerprint density at radius 2 is 1.97 bits per heavy atom. The van der Waals surface area contributed by atoms with Gasteiger partial charge in [0.2, 0.25) is 5.91 Å². The summed E-state index contributed by atoms with van der Waals surface area (Å²) >= 11 is 9.03. The number of carbonyl (C=O) groups excluding carboxylic acids is 1. The van der Waals surface area contributed by atoms with E-state index in [1.807, 2.05) is 48.5 Å². The Bertz CT molecular complexity index is 1150. The van der Waals surface area contributed by atoms with E-state index in [0.717, 1.165) is 28.1 Å². The molecule has 1 aliphatic rings. The van der Waals surface area contributed by atoms with E-state index >= 15 is 0 Å². The molecule has 31 heavy (non-hydrogen) atoms. The first-order valence-electron chi connectivity index (χ1n) is 9.98. The molecule has 3 aromatic rings. The number of fused-ring (bicyclic) bond motifs is 1. The van der Waals surface area contributed by atoms with Crippen molar-refractivity contribution < 1.29 is 4.79 Å². The Morgan fingerprint density at radius 1 is 1.23 bits per heavy atom. The second kappa shape index (κ2) is 9.94. The van der Waals surface area contributed by atoms with Crippen molar-refractivity contribution in [1.29, 1.82) is 0 Å². The lowest BCUT2D eigenvalue weighted by atomic mass is 10.2. The van der Waals surface area contributed by atoms with Crippen LogP contribution in [0.3, 0.4) is 0 Å². The van der Waals surface area contributed by atoms with Crippen LogP contribution in [0.1, 0.15) is 23.7 Å². The smallest absolute Gasteiger partial charge is 0.268 e. The molecule has 1 atom stereocenters. The maximum absolute atomic E-state index is 13.2. The lowest BCUT2D eigenvalue weighted by Gasteiger charge is -2.14. The maximum Gasteiger partial charge on any atom is 0.268 e. The predicted octanol–water partition coefficient (Wildman–Crippen LogP) is 4.39. The van der Waals surface area contributed by atoms with Crippen molar-refractivity contribution in [3.05, 3.63) is 86.8 Å². The first-order valence-corrected chi connectivity index (χ1v) is 12.2. The summed E-state index contributed by atoms with van der Waals surface area (Å²) in [5.74, 6) is 0.0429. The molecule has 1 aromatic heterocycles. The minimum atomic E-state index is -0.131. The van der Waals surface area contributed by atoms with E-state index in [0.29, 0.717) is 28.5 Å². The molecule has 0 radical (unpaired) electrons. The molecule has 8 heteroatoms. The number of amides is 1. The van der Waals surface area contributed by atoms with Gasteiger partial charge in [-0.2, -0.15) is 0 Å². The lowest BCUT2D eigenvalue weighted by Crippen LogP contribution is -2.28. The van der Waals surface area contributed by atoms with Gasteiger partial charge in [-0.25, -0.2) is 4.98 Å². The second-order valence-corrected chi connectivity index (χ2v) is 10.1. The van der Waals surface area contributed by atoms with Crippen LogP contribution in [0.4, 0.5) is 0 Å². The molecule has 0 spiro atoms. The third kappa shape index (κ3) is 5.34. The fourth-order valence-electron chi connectivity index (χ4n) is 3.36. The van der Waals surface area contributed by atoms with Crippen molar-refractivity contribution in [3.63, 3.8) is 0 Å². The number of rotatable bonds is 7. The van der Waals surface area contributed by atoms with Gasteiger partial charge in [0.1, 0.15) is 0 Å². The third-order valence-electron chi connectivity index (χ3n) is 4.91. The number of hydrogen-bond acceptors (Lipinski definition) is 5. The monoisotopic (exact) mass is 471 g/mol. The van der Waals surface area contributed by atoms with Gasteiger partial charge in [-0.05, 0) is 17.2 Å². The first-order chi connectivity index (χ1) is 15.0. The first kappa shape index (κ1) is 22.0. The SMILES string of the molecule is CC1Cc2nc(SCC(=O)NCc3ccccc3Cl)n(Cc3ccccc3)c(=O)c2S1. The van der Waals surface area contributed by atoms with Crippen molar-refractivity contribution in [2.24, 2.45) is 0 Å². The van der Waals surface area contributed by atoms with Gasteiger partial charge in [0.05, 0.1) is 22.9 Å². The summed E-state index contributed by atoms with van der Waals surface area (Å²) in [6.45, 7) is 2.89. The summed E-state index contributed by atoms with van der Waals surface area (Å²) in [6.07, 6.45) is 0.772. The van der Waals surface area contributed by atoms with E-state index in [-0.39, 0.29) is 17.2 Å². The molecular formula is C23H22ClN3O2S2. The molecule has 160 valence electrons.